The first kappa shape index (κ1) is 33.9. The highest BCUT2D eigenvalue weighted by atomic mass is 35.5. The lowest BCUT2D eigenvalue weighted by molar-refractivity contribution is 0.00578. The molecule has 1 aliphatic heterocycles. The van der Waals surface area contributed by atoms with Gasteiger partial charge in [0, 0.05) is 70.1 Å². The van der Waals surface area contributed by atoms with Crippen molar-refractivity contribution < 1.29 is 27.0 Å². The standard InChI is InChI=1S/C28H23BO4.C22H11ClO2/c1-27(2)28(3,4)33-29(32-27)20-14-9-13-19-23-22-18-12-7-8-15-21(18)30-25(22)16-10-5-6-11-17(16)26(23)31-24(19)20;23-16-10-5-9-15-19-18-14-8-3-4-11-17(14)24-21(18)12-6-1-2-7-13(12)22(19)25-20(15)16/h5-15H,1-4H3;1-11H. The maximum Gasteiger partial charge on any atom is 0.498 e. The summed E-state index contributed by atoms with van der Waals surface area (Å²) in [6.07, 6.45) is 0. The number of fused-ring (bicyclic) bond motifs is 20. The van der Waals surface area contributed by atoms with Crippen LogP contribution in [0.2, 0.25) is 5.02 Å². The highest BCUT2D eigenvalue weighted by Crippen LogP contribution is 2.47. The van der Waals surface area contributed by atoms with E-state index in [0.29, 0.717) is 5.02 Å². The summed E-state index contributed by atoms with van der Waals surface area (Å²) in [6.45, 7) is 8.28. The van der Waals surface area contributed by atoms with Gasteiger partial charge in [0.1, 0.15) is 39.1 Å². The molecule has 4 aromatic heterocycles. The monoisotopic (exact) mass is 776 g/mol. The predicted molar refractivity (Wildman–Crippen MR) is 238 cm³/mol. The summed E-state index contributed by atoms with van der Waals surface area (Å²) < 4.78 is 38.3. The molecule has 0 spiro atoms. The van der Waals surface area contributed by atoms with Crippen LogP contribution < -0.4 is 5.46 Å². The van der Waals surface area contributed by atoms with E-state index >= 15 is 0 Å². The van der Waals surface area contributed by atoms with Gasteiger partial charge in [-0.15, -0.1) is 0 Å². The van der Waals surface area contributed by atoms with E-state index < -0.39 is 18.3 Å². The van der Waals surface area contributed by atoms with Crippen molar-refractivity contribution >= 4 is 133 Å². The average Bonchev–Trinajstić information content (AvgIpc) is 4.04. The predicted octanol–water partition coefficient (Wildman–Crippen LogP) is 14.2. The molecule has 0 atom stereocenters. The largest absolute Gasteiger partial charge is 0.498 e. The Labute approximate surface area is 336 Å². The van der Waals surface area contributed by atoms with E-state index in [-0.39, 0.29) is 0 Å². The molecule has 8 aromatic carbocycles. The summed E-state index contributed by atoms with van der Waals surface area (Å²) >= 11 is 6.41. The molecule has 12 aromatic rings. The molecule has 5 heterocycles. The zero-order valence-corrected chi connectivity index (χ0v) is 32.9. The zero-order chi connectivity index (χ0) is 39.1. The molecule has 6 nitrogen and oxygen atoms in total. The second-order valence-corrected chi connectivity index (χ2v) is 16.6. The topological polar surface area (TPSA) is 71.0 Å². The molecule has 1 saturated heterocycles. The third-order valence-electron chi connectivity index (χ3n) is 12.4. The fourth-order valence-electron chi connectivity index (χ4n) is 8.98. The molecule has 0 N–H and O–H groups in total. The molecule has 1 fully saturated rings. The van der Waals surface area contributed by atoms with Gasteiger partial charge in [-0.25, -0.2) is 0 Å². The number of hydrogen-bond donors (Lipinski definition) is 0. The summed E-state index contributed by atoms with van der Waals surface area (Å²) in [5.74, 6) is 0. The lowest BCUT2D eigenvalue weighted by Gasteiger charge is -2.32. The fraction of sp³-hybridized carbons (Fsp3) is 0.120. The Morgan fingerprint density at radius 2 is 0.724 bits per heavy atom. The Balaban J connectivity index is 0.000000131. The number of hydrogen-bond acceptors (Lipinski definition) is 6. The van der Waals surface area contributed by atoms with E-state index in [1.165, 1.54) is 0 Å². The molecule has 0 saturated carbocycles. The number of halogens is 1. The fourth-order valence-corrected chi connectivity index (χ4v) is 9.20. The van der Waals surface area contributed by atoms with E-state index in [2.05, 4.69) is 88.4 Å². The molecule has 13 rings (SSSR count). The second kappa shape index (κ2) is 11.9. The van der Waals surface area contributed by atoms with Gasteiger partial charge in [-0.3, -0.25) is 0 Å². The molecule has 0 amide bonds. The SMILES string of the molecule is CC1(C)OB(c2cccc3c2oc2c4ccccc4c4oc5ccccc5c4c32)OC1(C)C.Clc1cccc2c1oc1c3ccccc3c3oc4ccccc4c3c21. The van der Waals surface area contributed by atoms with Crippen molar-refractivity contribution in [2.24, 2.45) is 0 Å². The van der Waals surface area contributed by atoms with Crippen LogP contribution in [0.25, 0.3) is 109 Å². The zero-order valence-electron chi connectivity index (χ0n) is 32.1. The summed E-state index contributed by atoms with van der Waals surface area (Å²) in [4.78, 5) is 0. The second-order valence-electron chi connectivity index (χ2n) is 16.2. The first-order valence-electron chi connectivity index (χ1n) is 19.5. The number of benzene rings is 8. The molecule has 1 aliphatic rings. The van der Waals surface area contributed by atoms with Crippen LogP contribution in [0.5, 0.6) is 0 Å². The lowest BCUT2D eigenvalue weighted by atomic mass is 9.78. The van der Waals surface area contributed by atoms with Crippen molar-refractivity contribution in [3.8, 4) is 0 Å². The third kappa shape index (κ3) is 4.58. The van der Waals surface area contributed by atoms with Gasteiger partial charge in [-0.2, -0.15) is 0 Å². The summed E-state index contributed by atoms with van der Waals surface area (Å²) in [5, 5.41) is 13.4. The van der Waals surface area contributed by atoms with Crippen LogP contribution >= 0.6 is 11.6 Å². The van der Waals surface area contributed by atoms with Crippen LogP contribution in [0.15, 0.2) is 151 Å². The summed E-state index contributed by atoms with van der Waals surface area (Å²) in [6, 6.07) is 44.9. The number of para-hydroxylation sites is 4. The smallest absolute Gasteiger partial charge is 0.456 e. The molecular weight excluding hydrogens is 743 g/mol. The van der Waals surface area contributed by atoms with Gasteiger partial charge < -0.3 is 27.0 Å². The Kier molecular flexibility index (Phi) is 6.95. The van der Waals surface area contributed by atoms with E-state index in [0.717, 1.165) is 115 Å². The Morgan fingerprint density at radius 3 is 1.22 bits per heavy atom. The molecule has 8 heteroatoms. The van der Waals surface area contributed by atoms with Crippen LogP contribution in [-0.4, -0.2) is 18.3 Å². The van der Waals surface area contributed by atoms with Gasteiger partial charge in [0.05, 0.1) is 16.2 Å². The van der Waals surface area contributed by atoms with Gasteiger partial charge in [-0.05, 0) is 45.9 Å². The van der Waals surface area contributed by atoms with E-state index in [9.17, 15) is 0 Å². The Morgan fingerprint density at radius 1 is 0.362 bits per heavy atom. The Bertz CT molecular complexity index is 3660. The van der Waals surface area contributed by atoms with Gasteiger partial charge >= 0.3 is 7.12 Å². The number of rotatable bonds is 1. The molecule has 280 valence electrons. The molecular formula is C50H34BClO6. The minimum Gasteiger partial charge on any atom is -0.456 e. The molecule has 0 radical (unpaired) electrons. The van der Waals surface area contributed by atoms with Gasteiger partial charge in [-0.1, -0.05) is 127 Å². The van der Waals surface area contributed by atoms with Crippen LogP contribution in [0.4, 0.5) is 0 Å². The normalized spacial score (nSPS) is 15.4. The van der Waals surface area contributed by atoms with Crippen molar-refractivity contribution in [1.29, 1.82) is 0 Å². The van der Waals surface area contributed by atoms with Gasteiger partial charge in [0.25, 0.3) is 0 Å². The number of furan rings is 4. The highest BCUT2D eigenvalue weighted by Gasteiger charge is 2.52. The average molecular weight is 777 g/mol. The lowest BCUT2D eigenvalue weighted by Crippen LogP contribution is -2.41. The maximum atomic E-state index is 6.67. The van der Waals surface area contributed by atoms with Crippen molar-refractivity contribution in [2.75, 3.05) is 0 Å². The maximum absolute atomic E-state index is 6.67. The van der Waals surface area contributed by atoms with Crippen molar-refractivity contribution in [1.82, 2.24) is 0 Å². The Hall–Kier alpha value is -6.25. The van der Waals surface area contributed by atoms with E-state index in [4.69, 9.17) is 38.6 Å². The van der Waals surface area contributed by atoms with Crippen molar-refractivity contribution in [3.63, 3.8) is 0 Å². The van der Waals surface area contributed by atoms with Gasteiger partial charge in [0.15, 0.2) is 5.58 Å². The van der Waals surface area contributed by atoms with Gasteiger partial charge in [0.2, 0.25) is 0 Å². The van der Waals surface area contributed by atoms with Crippen LogP contribution in [0, 0.1) is 0 Å². The van der Waals surface area contributed by atoms with Crippen molar-refractivity contribution in [2.45, 2.75) is 38.9 Å². The van der Waals surface area contributed by atoms with Crippen LogP contribution in [-0.2, 0) is 9.31 Å². The molecule has 0 unspecified atom stereocenters. The van der Waals surface area contributed by atoms with E-state index in [1.54, 1.807) is 0 Å². The minimum atomic E-state index is -0.498. The first-order valence-corrected chi connectivity index (χ1v) is 19.9. The quantitative estimate of drug-likeness (QED) is 0.155. The summed E-state index contributed by atoms with van der Waals surface area (Å²) in [7, 11) is -0.498. The van der Waals surface area contributed by atoms with E-state index in [1.807, 2.05) is 72.8 Å². The minimum absolute atomic E-state index is 0.424. The molecule has 0 aliphatic carbocycles. The highest BCUT2D eigenvalue weighted by molar-refractivity contribution is 6.65. The van der Waals surface area contributed by atoms with Crippen molar-refractivity contribution in [3.05, 3.63) is 138 Å². The summed E-state index contributed by atoms with van der Waals surface area (Å²) in [5.41, 5.74) is 6.85. The first-order chi connectivity index (χ1) is 28.2. The van der Waals surface area contributed by atoms with Crippen LogP contribution in [0.1, 0.15) is 27.7 Å². The van der Waals surface area contributed by atoms with Crippen LogP contribution in [0.3, 0.4) is 0 Å². The molecule has 0 bridgehead atoms. The molecule has 58 heavy (non-hydrogen) atoms. The third-order valence-corrected chi connectivity index (χ3v) is 12.7.